The van der Waals surface area contributed by atoms with Crippen LogP contribution in [0.4, 0.5) is 37.8 Å². The average molecular weight is 1060 g/mol. The standard InChI is InChI=1S/C55H55F6N7O8/c1-34-11-18-48(68-52(72)53(19-20-53)39-13-16-46-47(29-39)76-55(60,61)75-46)67-50(34)36-6-4-7-37(27-36)51(71)63-22-25-73-24-5-9-42-32-64-41(31-65-42)8-2-3-10-49(70)66-40-14-17-45(38(28-40)30-62-21-23-69)74-33-35-12-15-44(56)43(26-35)54(57,58)59/h4,6-7,11-18,26-29,31-32,62,69H,2-3,5,8-10,19-25,30,33H2,1H3,(H,63,71)(H,66,70)(H,67,68,72). The second-order valence-corrected chi connectivity index (χ2v) is 18.4. The highest BCUT2D eigenvalue weighted by molar-refractivity contribution is 6.01. The lowest BCUT2D eigenvalue weighted by molar-refractivity contribution is -0.286. The number of anilines is 2. The number of ether oxygens (including phenoxy) is 4. The number of unbranched alkanes of at least 4 members (excludes halogenated alkanes) is 1. The molecule has 2 aromatic heterocycles. The summed E-state index contributed by atoms with van der Waals surface area (Å²) in [5.41, 5.74) is 3.52. The van der Waals surface area contributed by atoms with Gasteiger partial charge in [0.05, 0.1) is 41.3 Å². The molecule has 2 aliphatic rings. The van der Waals surface area contributed by atoms with Crippen molar-refractivity contribution < 1.29 is 64.8 Å². The number of rotatable bonds is 25. The molecule has 0 bridgehead atoms. The number of hydrogen-bond acceptors (Lipinski definition) is 12. The van der Waals surface area contributed by atoms with Gasteiger partial charge in [0.1, 0.15) is 24.0 Å². The summed E-state index contributed by atoms with van der Waals surface area (Å²) >= 11 is 0. The van der Waals surface area contributed by atoms with Crippen molar-refractivity contribution in [3.8, 4) is 28.5 Å². The Morgan fingerprint density at radius 2 is 1.59 bits per heavy atom. The van der Waals surface area contributed by atoms with Crippen molar-refractivity contribution in [3.63, 3.8) is 0 Å². The minimum absolute atomic E-state index is 0.0948. The van der Waals surface area contributed by atoms with Crippen LogP contribution in [0, 0.1) is 12.7 Å². The van der Waals surface area contributed by atoms with Gasteiger partial charge in [0.25, 0.3) is 5.91 Å². The number of alkyl halides is 5. The number of hydrogen-bond donors (Lipinski definition) is 5. The largest absolute Gasteiger partial charge is 0.586 e. The fraction of sp³-hybridized carbons (Fsp3) is 0.345. The minimum atomic E-state index is -4.85. The number of benzene rings is 4. The number of nitrogens with zero attached hydrogens (tertiary/aromatic N) is 3. The van der Waals surface area contributed by atoms with Crippen LogP contribution in [-0.2, 0) is 51.9 Å². The van der Waals surface area contributed by atoms with E-state index in [4.69, 9.17) is 14.5 Å². The van der Waals surface area contributed by atoms with Crippen LogP contribution in [0.2, 0.25) is 0 Å². The lowest BCUT2D eigenvalue weighted by atomic mass is 9.94. The predicted octanol–water partition coefficient (Wildman–Crippen LogP) is 9.39. The van der Waals surface area contributed by atoms with E-state index in [1.165, 1.54) is 18.2 Å². The van der Waals surface area contributed by atoms with E-state index in [1.54, 1.807) is 60.9 Å². The van der Waals surface area contributed by atoms with Gasteiger partial charge in [-0.1, -0.05) is 30.3 Å². The molecule has 5 N–H and O–H groups in total. The molecule has 3 amide bonds. The van der Waals surface area contributed by atoms with Crippen molar-refractivity contribution in [1.82, 2.24) is 25.6 Å². The Balaban J connectivity index is 0.711. The highest BCUT2D eigenvalue weighted by Crippen LogP contribution is 2.52. The van der Waals surface area contributed by atoms with Crippen LogP contribution in [-0.4, -0.2) is 77.0 Å². The fourth-order valence-electron chi connectivity index (χ4n) is 8.48. The molecule has 0 radical (unpaired) electrons. The van der Waals surface area contributed by atoms with Crippen molar-refractivity contribution in [3.05, 3.63) is 154 Å². The molecule has 0 spiro atoms. The molecule has 1 aliphatic heterocycles. The number of aliphatic hydroxyl groups is 1. The van der Waals surface area contributed by atoms with Crippen LogP contribution in [0.25, 0.3) is 11.3 Å². The Kier molecular flexibility index (Phi) is 17.5. The van der Waals surface area contributed by atoms with E-state index in [2.05, 4.69) is 40.7 Å². The molecule has 0 unspecified atom stereocenters. The maximum atomic E-state index is 13.8. The molecule has 1 fully saturated rings. The van der Waals surface area contributed by atoms with Gasteiger partial charge in [0, 0.05) is 67.4 Å². The SMILES string of the molecule is Cc1ccc(NC(=O)C2(c3ccc4c(c3)OC(F)(F)O4)CC2)nc1-c1cccc(C(=O)NCCOCCCc2cnc(CCCCC(=O)Nc3ccc(OCc4ccc(F)c(C(F)(F)F)c4)c(CNCCO)c3)cn2)c1. The van der Waals surface area contributed by atoms with Gasteiger partial charge in [-0.05, 0) is 129 Å². The second-order valence-electron chi connectivity index (χ2n) is 18.4. The Bertz CT molecular complexity index is 3030. The van der Waals surface area contributed by atoms with Crippen LogP contribution in [0.5, 0.6) is 17.2 Å². The van der Waals surface area contributed by atoms with E-state index in [9.17, 15) is 45.8 Å². The summed E-state index contributed by atoms with van der Waals surface area (Å²) in [6, 6.07) is 22.4. The average Bonchev–Trinajstić information content (AvgIpc) is 4.21. The zero-order chi connectivity index (χ0) is 53.9. The summed E-state index contributed by atoms with van der Waals surface area (Å²) in [7, 11) is 0. The quantitative estimate of drug-likeness (QED) is 0.0270. The summed E-state index contributed by atoms with van der Waals surface area (Å²) in [4.78, 5) is 53.3. The molecular formula is C55H55F6N7O8. The summed E-state index contributed by atoms with van der Waals surface area (Å²) < 4.78 is 101. The number of aryl methyl sites for hydroxylation is 3. The first-order valence-corrected chi connectivity index (χ1v) is 24.7. The monoisotopic (exact) mass is 1060 g/mol. The minimum Gasteiger partial charge on any atom is -0.489 e. The Morgan fingerprint density at radius 3 is 2.34 bits per heavy atom. The number of amides is 3. The van der Waals surface area contributed by atoms with Crippen molar-refractivity contribution in [2.75, 3.05) is 43.5 Å². The predicted molar refractivity (Wildman–Crippen MR) is 267 cm³/mol. The van der Waals surface area contributed by atoms with Crippen molar-refractivity contribution >= 4 is 29.2 Å². The molecule has 0 saturated heterocycles. The van der Waals surface area contributed by atoms with Gasteiger partial charge >= 0.3 is 12.5 Å². The Labute approximate surface area is 433 Å². The van der Waals surface area contributed by atoms with Crippen LogP contribution >= 0.6 is 0 Å². The van der Waals surface area contributed by atoms with Crippen molar-refractivity contribution in [2.45, 2.75) is 89.3 Å². The fourth-order valence-corrected chi connectivity index (χ4v) is 8.48. The Hall–Kier alpha value is -7.62. The highest BCUT2D eigenvalue weighted by Gasteiger charge is 2.53. The Morgan fingerprint density at radius 1 is 0.816 bits per heavy atom. The van der Waals surface area contributed by atoms with Gasteiger partial charge in [-0.15, -0.1) is 8.78 Å². The van der Waals surface area contributed by atoms with Gasteiger partial charge in [-0.25, -0.2) is 9.37 Å². The third-order valence-corrected chi connectivity index (χ3v) is 12.7. The van der Waals surface area contributed by atoms with E-state index in [-0.39, 0.29) is 74.1 Å². The molecule has 8 rings (SSSR count). The third-order valence-electron chi connectivity index (χ3n) is 12.7. The number of halogens is 6. The van der Waals surface area contributed by atoms with Crippen LogP contribution in [0.15, 0.2) is 103 Å². The summed E-state index contributed by atoms with van der Waals surface area (Å²) in [5, 5.41) is 20.9. The van der Waals surface area contributed by atoms with Gasteiger partial charge in [0.2, 0.25) is 11.8 Å². The number of carbonyl (C=O) groups is 3. The van der Waals surface area contributed by atoms with E-state index in [1.807, 2.05) is 19.1 Å². The molecule has 1 aliphatic carbocycles. The van der Waals surface area contributed by atoms with Crippen LogP contribution in [0.1, 0.15) is 88.1 Å². The molecule has 15 nitrogen and oxygen atoms in total. The van der Waals surface area contributed by atoms with E-state index in [0.717, 1.165) is 23.0 Å². The first-order valence-electron chi connectivity index (χ1n) is 24.7. The van der Waals surface area contributed by atoms with Gasteiger partial charge in [-0.2, -0.15) is 13.2 Å². The maximum absolute atomic E-state index is 13.8. The summed E-state index contributed by atoms with van der Waals surface area (Å²) in [5.74, 6) is -1.78. The van der Waals surface area contributed by atoms with Crippen molar-refractivity contribution in [1.29, 1.82) is 0 Å². The normalized spacial score (nSPS) is 14.0. The van der Waals surface area contributed by atoms with Gasteiger partial charge in [0.15, 0.2) is 11.5 Å². The third kappa shape index (κ3) is 14.4. The molecule has 1 saturated carbocycles. The first kappa shape index (κ1) is 54.6. The molecule has 400 valence electrons. The lowest BCUT2D eigenvalue weighted by Crippen LogP contribution is -2.28. The number of aliphatic hydroxyl groups excluding tert-OH is 1. The number of fused-ring (bicyclic) bond motifs is 1. The zero-order valence-electron chi connectivity index (χ0n) is 41.3. The van der Waals surface area contributed by atoms with E-state index >= 15 is 0 Å². The number of nitrogens with one attached hydrogen (secondary N) is 4. The molecule has 4 aromatic carbocycles. The number of carbonyl (C=O) groups excluding carboxylic acids is 3. The number of aromatic nitrogens is 3. The molecule has 21 heteroatoms. The summed E-state index contributed by atoms with van der Waals surface area (Å²) in [6.07, 6.45) is -0.666. The molecular weight excluding hydrogens is 1000 g/mol. The molecule has 3 heterocycles. The smallest absolute Gasteiger partial charge is 0.489 e. The van der Waals surface area contributed by atoms with E-state index in [0.29, 0.717) is 109 Å². The maximum Gasteiger partial charge on any atom is 0.586 e. The zero-order valence-corrected chi connectivity index (χ0v) is 41.3. The number of pyridine rings is 1. The van der Waals surface area contributed by atoms with Gasteiger partial charge in [-0.3, -0.25) is 24.4 Å². The van der Waals surface area contributed by atoms with Gasteiger partial charge < -0.3 is 45.3 Å². The lowest BCUT2D eigenvalue weighted by Gasteiger charge is -2.17. The first-order chi connectivity index (χ1) is 36.5. The van der Waals surface area contributed by atoms with Crippen LogP contribution in [0.3, 0.4) is 0 Å². The summed E-state index contributed by atoms with van der Waals surface area (Å²) in [6.45, 7) is 3.02. The second kappa shape index (κ2) is 24.4. The van der Waals surface area contributed by atoms with Crippen LogP contribution < -0.4 is 35.5 Å². The molecule has 0 atom stereocenters. The molecule has 76 heavy (non-hydrogen) atoms. The van der Waals surface area contributed by atoms with Crippen molar-refractivity contribution in [2.24, 2.45) is 0 Å². The van der Waals surface area contributed by atoms with E-state index < -0.39 is 29.3 Å². The molecule has 6 aromatic rings. The highest BCUT2D eigenvalue weighted by atomic mass is 19.4. The topological polar surface area (TPSA) is 195 Å².